The summed E-state index contributed by atoms with van der Waals surface area (Å²) < 4.78 is 34.1. The van der Waals surface area contributed by atoms with E-state index in [0.717, 1.165) is 32.1 Å². The second-order valence-corrected chi connectivity index (χ2v) is 8.82. The molecule has 0 unspecified atom stereocenters. The summed E-state index contributed by atoms with van der Waals surface area (Å²) in [5.41, 5.74) is 2.57. The number of benzene rings is 1. The quantitative estimate of drug-likeness (QED) is 0.213. The van der Waals surface area contributed by atoms with Crippen LogP contribution in [0.4, 0.5) is 0 Å². The van der Waals surface area contributed by atoms with Gasteiger partial charge in [-0.25, -0.2) is 0 Å². The summed E-state index contributed by atoms with van der Waals surface area (Å²) in [4.78, 5) is 0. The molecule has 3 N–H and O–H groups in total. The van der Waals surface area contributed by atoms with Crippen molar-refractivity contribution >= 4 is 10.4 Å². The monoisotopic (exact) mass is 430 g/mol. The number of aromatic hydroxyl groups is 1. The van der Waals surface area contributed by atoms with E-state index in [2.05, 4.69) is 13.0 Å². The van der Waals surface area contributed by atoms with E-state index >= 15 is 0 Å². The Labute approximate surface area is 210 Å². The van der Waals surface area contributed by atoms with Crippen molar-refractivity contribution in [3.63, 3.8) is 0 Å². The molecule has 10 heteroatoms. The van der Waals surface area contributed by atoms with Crippen molar-refractivity contribution in [1.29, 1.82) is 0 Å². The zero-order valence-corrected chi connectivity index (χ0v) is 21.4. The third kappa shape index (κ3) is 5.53. The number of aryl methyl sites for hydroxylation is 1. The van der Waals surface area contributed by atoms with Gasteiger partial charge in [0, 0.05) is 10.4 Å². The van der Waals surface area contributed by atoms with Gasteiger partial charge in [0.2, 0.25) is 0 Å². The largest absolute Gasteiger partial charge is 1.00 e. The van der Waals surface area contributed by atoms with Crippen LogP contribution in [-0.2, 0) is 16.8 Å². The van der Waals surface area contributed by atoms with Gasteiger partial charge in [-0.15, -0.1) is 0 Å². The zero-order valence-electron chi connectivity index (χ0n) is 16.5. The number of hydrogen-bond donors (Lipinski definition) is 3. The molecular weight excluding hydrogens is 406 g/mol. The molecule has 0 aliphatic heterocycles. The minimum absolute atomic E-state index is 0. The number of phenolic OH excluding ortho intramolecular Hbond substituents is 1. The molecule has 7 nitrogen and oxygen atoms in total. The Morgan fingerprint density at radius 3 is 2.36 bits per heavy atom. The minimum Gasteiger partial charge on any atom is -0.759 e. The van der Waals surface area contributed by atoms with Gasteiger partial charge in [0.1, 0.15) is 5.75 Å². The van der Waals surface area contributed by atoms with Crippen molar-refractivity contribution in [2.75, 3.05) is 0 Å². The fraction of sp³-hybridized carbons (Fsp3) is 0.667. The summed E-state index contributed by atoms with van der Waals surface area (Å²) in [6.45, 7) is 2.17. The van der Waals surface area contributed by atoms with E-state index in [0.29, 0.717) is 23.5 Å². The molecule has 0 aromatic heterocycles. The maximum atomic E-state index is 10.4. The molecule has 0 heterocycles. The molecule has 3 aliphatic carbocycles. The standard InChI is InChI=1S/C18H24O3.2Na.H2O4S/c1-18-7-6-13-12-5-3-11(19)8-10(12)2-4-14(13)15(18)9-16(20)17(18)21;;;1-5(2,3)4/h3,5,8,13-17,19-21H,2,4,6-7,9H2,1H3;;;(H2,1,2,3,4)/q;2*+1;/p-2/t13-,14-,15+,16-,17+,18+;;;/m1.../s1. The smallest absolute Gasteiger partial charge is 0.759 e. The Hall–Kier alpha value is 0.810. The summed E-state index contributed by atoms with van der Waals surface area (Å²) in [6.07, 6.45) is 3.80. The Balaban J connectivity index is 0.000000504. The molecule has 6 atom stereocenters. The average molecular weight is 430 g/mol. The van der Waals surface area contributed by atoms with E-state index in [4.69, 9.17) is 17.5 Å². The van der Waals surface area contributed by atoms with Crippen LogP contribution in [0.3, 0.4) is 0 Å². The van der Waals surface area contributed by atoms with Gasteiger partial charge in [0.15, 0.2) is 0 Å². The van der Waals surface area contributed by atoms with Gasteiger partial charge >= 0.3 is 59.1 Å². The first-order valence-electron chi connectivity index (χ1n) is 8.85. The maximum absolute atomic E-state index is 10.4. The number of fused-ring (bicyclic) bond motifs is 5. The molecule has 1 aromatic carbocycles. The average Bonchev–Trinajstić information content (AvgIpc) is 2.76. The third-order valence-electron chi connectivity index (χ3n) is 6.68. The predicted octanol–water partition coefficient (Wildman–Crippen LogP) is -4.75. The molecule has 0 bridgehead atoms. The van der Waals surface area contributed by atoms with Crippen LogP contribution < -0.4 is 59.1 Å². The Morgan fingerprint density at radius 1 is 1.14 bits per heavy atom. The van der Waals surface area contributed by atoms with E-state index in [1.54, 1.807) is 6.07 Å². The number of aliphatic hydroxyl groups is 2. The summed E-state index contributed by atoms with van der Waals surface area (Å²) in [5, 5.41) is 30.2. The van der Waals surface area contributed by atoms with E-state index in [9.17, 15) is 15.3 Å². The second-order valence-electron chi connectivity index (χ2n) is 8.00. The number of rotatable bonds is 0. The fourth-order valence-corrected chi connectivity index (χ4v) is 5.56. The van der Waals surface area contributed by atoms with Gasteiger partial charge in [-0.1, -0.05) is 13.0 Å². The molecule has 2 saturated carbocycles. The molecule has 0 amide bonds. The van der Waals surface area contributed by atoms with Crippen molar-refractivity contribution in [1.82, 2.24) is 0 Å². The normalized spacial score (nSPS) is 35.7. The predicted molar refractivity (Wildman–Crippen MR) is 90.6 cm³/mol. The van der Waals surface area contributed by atoms with Gasteiger partial charge < -0.3 is 24.4 Å². The minimum atomic E-state index is -5.17. The van der Waals surface area contributed by atoms with Crippen molar-refractivity contribution in [2.45, 2.75) is 57.2 Å². The molecule has 28 heavy (non-hydrogen) atoms. The topological polar surface area (TPSA) is 141 Å². The molecule has 0 saturated heterocycles. The molecule has 0 spiro atoms. The van der Waals surface area contributed by atoms with Crippen molar-refractivity contribution < 1.29 is 92.0 Å². The van der Waals surface area contributed by atoms with E-state index in [1.165, 1.54) is 11.1 Å². The Kier molecular flexibility index (Phi) is 9.54. The van der Waals surface area contributed by atoms with Gasteiger partial charge in [-0.3, -0.25) is 8.42 Å². The summed E-state index contributed by atoms with van der Waals surface area (Å²) in [5.74, 6) is 1.88. The van der Waals surface area contributed by atoms with Crippen molar-refractivity contribution in [3.8, 4) is 5.75 Å². The molecule has 1 aromatic rings. The fourth-order valence-electron chi connectivity index (χ4n) is 5.56. The second kappa shape index (κ2) is 9.96. The van der Waals surface area contributed by atoms with Crippen LogP contribution >= 0.6 is 0 Å². The maximum Gasteiger partial charge on any atom is 1.00 e. The molecule has 0 radical (unpaired) electrons. The third-order valence-corrected chi connectivity index (χ3v) is 6.68. The summed E-state index contributed by atoms with van der Waals surface area (Å²) in [7, 11) is -5.17. The molecule has 2 fully saturated rings. The van der Waals surface area contributed by atoms with Crippen LogP contribution in [0.5, 0.6) is 5.75 Å². The van der Waals surface area contributed by atoms with Crippen LogP contribution in [0, 0.1) is 17.3 Å². The number of hydrogen-bond acceptors (Lipinski definition) is 7. The number of phenols is 1. The van der Waals surface area contributed by atoms with Crippen LogP contribution in [-0.4, -0.2) is 45.1 Å². The van der Waals surface area contributed by atoms with Gasteiger partial charge in [0.05, 0.1) is 12.2 Å². The first kappa shape index (κ1) is 26.8. The van der Waals surface area contributed by atoms with Crippen LogP contribution in [0.15, 0.2) is 18.2 Å². The van der Waals surface area contributed by atoms with E-state index < -0.39 is 22.6 Å². The first-order valence-corrected chi connectivity index (χ1v) is 10.2. The van der Waals surface area contributed by atoms with E-state index in [1.807, 2.05) is 6.07 Å². The summed E-state index contributed by atoms with van der Waals surface area (Å²) in [6, 6.07) is 5.80. The first-order chi connectivity index (χ1) is 12.0. The zero-order chi connectivity index (χ0) is 19.3. The van der Waals surface area contributed by atoms with Gasteiger partial charge in [-0.05, 0) is 78.5 Å². The Morgan fingerprint density at radius 2 is 1.75 bits per heavy atom. The Bertz CT molecular complexity index is 780. The molecular formula is C18H24Na2O7S. The van der Waals surface area contributed by atoms with E-state index in [-0.39, 0.29) is 64.5 Å². The van der Waals surface area contributed by atoms with Crippen molar-refractivity contribution in [2.24, 2.45) is 17.3 Å². The van der Waals surface area contributed by atoms with Crippen molar-refractivity contribution in [3.05, 3.63) is 29.3 Å². The molecule has 4 rings (SSSR count). The number of aliphatic hydroxyl groups excluding tert-OH is 2. The SMILES string of the molecule is C[C@]12CC[C@@H]3c4ccc(O)cc4CC[C@H]3[C@@H]1C[C@@H](O)[C@@H]2O.O=S(=O)([O-])[O-].[Na+].[Na+]. The van der Waals surface area contributed by atoms with Crippen LogP contribution in [0.1, 0.15) is 49.7 Å². The molecule has 146 valence electrons. The van der Waals surface area contributed by atoms with Gasteiger partial charge in [-0.2, -0.15) is 0 Å². The van der Waals surface area contributed by atoms with Crippen LogP contribution in [0.25, 0.3) is 0 Å². The summed E-state index contributed by atoms with van der Waals surface area (Å²) >= 11 is 0. The molecule has 3 aliphatic rings. The van der Waals surface area contributed by atoms with Crippen LogP contribution in [0.2, 0.25) is 0 Å². The van der Waals surface area contributed by atoms with Gasteiger partial charge in [0.25, 0.3) is 0 Å².